The summed E-state index contributed by atoms with van der Waals surface area (Å²) >= 11 is 29.4. The molecule has 0 heterocycles. The van der Waals surface area contributed by atoms with Crippen molar-refractivity contribution in [1.29, 1.82) is 0 Å². The Kier molecular flexibility index (Phi) is 6.09. The number of halogens is 5. The van der Waals surface area contributed by atoms with Crippen molar-refractivity contribution in [2.45, 2.75) is 32.6 Å². The van der Waals surface area contributed by atoms with E-state index in [1.165, 1.54) is 0 Å². The Balaban J connectivity index is 5.89. The van der Waals surface area contributed by atoms with E-state index in [9.17, 15) is 4.57 Å². The van der Waals surface area contributed by atoms with Gasteiger partial charge in [0, 0.05) is 16.2 Å². The molecular weight excluding hydrogens is 332 g/mol. The second kappa shape index (κ2) is 5.59. The molecule has 0 aromatic carbocycles. The van der Waals surface area contributed by atoms with Gasteiger partial charge in [0.15, 0.2) is 0 Å². The van der Waals surface area contributed by atoms with Crippen LogP contribution in [0.5, 0.6) is 0 Å². The minimum Gasteiger partial charge on any atom is -0.284 e. The van der Waals surface area contributed by atoms with Gasteiger partial charge in [-0.25, -0.2) is 0 Å². The highest BCUT2D eigenvalue weighted by atomic mass is 35.9. The highest BCUT2D eigenvalue weighted by molar-refractivity contribution is 8.11. The van der Waals surface area contributed by atoms with Crippen LogP contribution in [0.3, 0.4) is 0 Å². The Hall–Kier alpha value is 1.42. The van der Waals surface area contributed by atoms with Gasteiger partial charge >= 0.3 is 0 Å². The summed E-state index contributed by atoms with van der Waals surface area (Å²) in [5.74, 6) is -3.44. The molecule has 0 aliphatic carbocycles. The maximum absolute atomic E-state index is 11.9. The molecule has 0 amide bonds. The first kappa shape index (κ1) is 17.4. The fraction of sp³-hybridized carbons (Fsp3) is 0.778. The van der Waals surface area contributed by atoms with Crippen LogP contribution in [0, 0.1) is 5.41 Å². The summed E-state index contributed by atoms with van der Waals surface area (Å²) in [6.07, 6.45) is 0. The predicted octanol–water partition coefficient (Wildman–Crippen LogP) is 6.39. The van der Waals surface area contributed by atoms with Crippen molar-refractivity contribution in [3.63, 3.8) is 0 Å². The normalized spacial score (nSPS) is 19.1. The lowest BCUT2D eigenvalue weighted by molar-refractivity contribution is 0.514. The maximum Gasteiger partial charge on any atom is 0.279 e. The third kappa shape index (κ3) is 4.59. The molecule has 0 aliphatic heterocycles. The summed E-state index contributed by atoms with van der Waals surface area (Å²) in [6.45, 7) is 7.05. The first-order chi connectivity index (χ1) is 6.84. The summed E-state index contributed by atoms with van der Waals surface area (Å²) in [6, 6.07) is 0. The standard InChI is InChI=1S/C9H14Cl5OP/c1-8(2,3)7(16(13,14)15)6(11)9(4,12)5-10/h5H2,1-4H3/b7-6+. The zero-order valence-corrected chi connectivity index (χ0v) is 14.1. The molecule has 0 spiro atoms. The summed E-state index contributed by atoms with van der Waals surface area (Å²) in [4.78, 5) is -1.02. The SMILES string of the molecule is CC(C)(C)/C(=C(\Cl)C(C)(Cl)CCl)P(=O)(Cl)Cl. The Morgan fingerprint density at radius 2 is 1.56 bits per heavy atom. The van der Waals surface area contributed by atoms with Crippen LogP contribution in [-0.4, -0.2) is 10.8 Å². The average Bonchev–Trinajstić information content (AvgIpc) is 1.98. The van der Waals surface area contributed by atoms with E-state index >= 15 is 0 Å². The van der Waals surface area contributed by atoms with Crippen LogP contribution in [0.2, 0.25) is 0 Å². The van der Waals surface area contributed by atoms with Crippen molar-refractivity contribution >= 4 is 63.1 Å². The topological polar surface area (TPSA) is 17.1 Å². The van der Waals surface area contributed by atoms with E-state index in [2.05, 4.69) is 0 Å². The fourth-order valence-corrected chi connectivity index (χ4v) is 5.75. The molecule has 16 heavy (non-hydrogen) atoms. The monoisotopic (exact) mass is 344 g/mol. The molecule has 0 saturated carbocycles. The Morgan fingerprint density at radius 3 is 1.75 bits per heavy atom. The lowest BCUT2D eigenvalue weighted by atomic mass is 9.93. The van der Waals surface area contributed by atoms with Crippen molar-refractivity contribution in [3.8, 4) is 0 Å². The quantitative estimate of drug-likeness (QED) is 0.427. The number of alkyl halides is 2. The smallest absolute Gasteiger partial charge is 0.279 e. The van der Waals surface area contributed by atoms with Crippen molar-refractivity contribution in [3.05, 3.63) is 10.3 Å². The second-order valence-electron chi connectivity index (χ2n) is 4.71. The van der Waals surface area contributed by atoms with Crippen molar-refractivity contribution in [2.75, 3.05) is 5.88 Å². The Labute approximate surface area is 121 Å². The molecular formula is C9H14Cl5OP. The largest absolute Gasteiger partial charge is 0.284 e. The molecule has 1 nitrogen and oxygen atoms in total. The number of allylic oxidation sites excluding steroid dienone is 2. The van der Waals surface area contributed by atoms with Crippen molar-refractivity contribution < 1.29 is 4.57 Å². The van der Waals surface area contributed by atoms with Crippen LogP contribution in [0.1, 0.15) is 27.7 Å². The third-order valence-corrected chi connectivity index (χ3v) is 6.15. The van der Waals surface area contributed by atoms with Crippen LogP contribution in [0.15, 0.2) is 10.3 Å². The van der Waals surface area contributed by atoms with Gasteiger partial charge in [0.05, 0.1) is 4.87 Å². The molecule has 0 aliphatic rings. The van der Waals surface area contributed by atoms with E-state index in [0.717, 1.165) is 0 Å². The molecule has 0 aromatic rings. The van der Waals surface area contributed by atoms with Gasteiger partial charge in [-0.2, -0.15) is 0 Å². The van der Waals surface area contributed by atoms with E-state index in [1.54, 1.807) is 6.92 Å². The lowest BCUT2D eigenvalue weighted by Crippen LogP contribution is -2.23. The lowest BCUT2D eigenvalue weighted by Gasteiger charge is -2.29. The van der Waals surface area contributed by atoms with E-state index in [4.69, 9.17) is 57.3 Å². The van der Waals surface area contributed by atoms with E-state index < -0.39 is 16.1 Å². The molecule has 0 fully saturated rings. The molecule has 7 heteroatoms. The first-order valence-electron chi connectivity index (χ1n) is 4.49. The summed E-state index contributed by atoms with van der Waals surface area (Å²) < 4.78 is 11.9. The molecule has 0 bridgehead atoms. The zero-order chi connectivity index (χ0) is 13.4. The van der Waals surface area contributed by atoms with E-state index in [1.807, 2.05) is 20.8 Å². The van der Waals surface area contributed by atoms with Gasteiger partial charge < -0.3 is 0 Å². The molecule has 0 rings (SSSR count). The summed E-state index contributed by atoms with van der Waals surface area (Å²) in [5.41, 5.74) is -0.543. The molecule has 1 atom stereocenters. The third-order valence-electron chi connectivity index (χ3n) is 1.89. The highest BCUT2D eigenvalue weighted by Gasteiger charge is 2.39. The van der Waals surface area contributed by atoms with Crippen molar-refractivity contribution in [2.24, 2.45) is 5.41 Å². The van der Waals surface area contributed by atoms with Crippen molar-refractivity contribution in [1.82, 2.24) is 0 Å². The number of hydrogen-bond acceptors (Lipinski definition) is 1. The minimum absolute atomic E-state index is 0.0702. The molecule has 0 aromatic heterocycles. The van der Waals surface area contributed by atoms with Crippen LogP contribution in [0.25, 0.3) is 0 Å². The van der Waals surface area contributed by atoms with Gasteiger partial charge in [0.1, 0.15) is 0 Å². The highest BCUT2D eigenvalue weighted by Crippen LogP contribution is 2.70. The van der Waals surface area contributed by atoms with Crippen LogP contribution < -0.4 is 0 Å². The Morgan fingerprint density at radius 1 is 1.19 bits per heavy atom. The van der Waals surface area contributed by atoms with E-state index in [0.29, 0.717) is 0 Å². The van der Waals surface area contributed by atoms with Gasteiger partial charge in [-0.3, -0.25) is 4.57 Å². The van der Waals surface area contributed by atoms with Crippen LogP contribution >= 0.6 is 63.1 Å². The second-order valence-corrected chi connectivity index (χ2v) is 10.9. The van der Waals surface area contributed by atoms with E-state index in [-0.39, 0.29) is 16.2 Å². The van der Waals surface area contributed by atoms with Gasteiger partial charge in [0.25, 0.3) is 5.85 Å². The predicted molar refractivity (Wildman–Crippen MR) is 76.6 cm³/mol. The summed E-state index contributed by atoms with van der Waals surface area (Å²) in [5, 5.41) is 0.410. The molecule has 0 radical (unpaired) electrons. The zero-order valence-electron chi connectivity index (χ0n) is 9.45. The van der Waals surface area contributed by atoms with Gasteiger partial charge in [0.2, 0.25) is 0 Å². The number of rotatable bonds is 3. The van der Waals surface area contributed by atoms with Gasteiger partial charge in [-0.05, 0) is 34.8 Å². The number of hydrogen-bond donors (Lipinski definition) is 0. The first-order valence-corrected chi connectivity index (χ1v) is 9.30. The summed E-state index contributed by atoms with van der Waals surface area (Å²) in [7, 11) is 0. The average molecular weight is 346 g/mol. The van der Waals surface area contributed by atoms with Gasteiger partial charge in [-0.1, -0.05) is 32.4 Å². The molecule has 0 N–H and O–H groups in total. The molecule has 1 unspecified atom stereocenters. The fourth-order valence-electron chi connectivity index (χ4n) is 1.14. The molecule has 0 saturated heterocycles. The Bertz CT molecular complexity index is 336. The van der Waals surface area contributed by atoms with Crippen LogP contribution in [0.4, 0.5) is 0 Å². The molecule has 96 valence electrons. The van der Waals surface area contributed by atoms with Crippen LogP contribution in [-0.2, 0) is 4.57 Å². The van der Waals surface area contributed by atoms with Gasteiger partial charge in [-0.15, -0.1) is 23.2 Å². The minimum atomic E-state index is -3.51. The maximum atomic E-state index is 11.9.